The van der Waals surface area contributed by atoms with Gasteiger partial charge >= 0.3 is 0 Å². The highest BCUT2D eigenvalue weighted by atomic mass is 16.5. The van der Waals surface area contributed by atoms with Crippen molar-refractivity contribution in [1.29, 1.82) is 0 Å². The molecule has 5 aromatic rings. The molecule has 4 heterocycles. The standard InChI is InChI=1S/C29H32N8O2/c30-28-26-27(19-5-10-22-23(15-19)34-25(33-22)16-18-3-1-2-4-24(18)38)35-37(29(26)32-17-31-28)21-8-6-20(7-9-21)36-11-13-39-14-12-36/h1-5,10,15,17,20-21,38H,6-9,11-14,16H2,(H,33,34)(H2,30,31,32). The van der Waals surface area contributed by atoms with Gasteiger partial charge in [0.05, 0.1) is 35.7 Å². The highest BCUT2D eigenvalue weighted by Crippen LogP contribution is 2.37. The summed E-state index contributed by atoms with van der Waals surface area (Å²) in [5.74, 6) is 1.50. The van der Waals surface area contributed by atoms with E-state index in [4.69, 9.17) is 20.6 Å². The van der Waals surface area contributed by atoms with Gasteiger partial charge in [-0.2, -0.15) is 5.10 Å². The van der Waals surface area contributed by atoms with Crippen molar-refractivity contribution in [3.63, 3.8) is 0 Å². The molecule has 0 radical (unpaired) electrons. The fraction of sp³-hybridized carbons (Fsp3) is 0.379. The number of nitrogens with two attached hydrogens (primary N) is 1. The fourth-order valence-corrected chi connectivity index (χ4v) is 6.20. The van der Waals surface area contributed by atoms with E-state index in [2.05, 4.69) is 30.6 Å². The zero-order valence-corrected chi connectivity index (χ0v) is 21.8. The topological polar surface area (TPSA) is 131 Å². The van der Waals surface area contributed by atoms with Crippen molar-refractivity contribution in [2.24, 2.45) is 0 Å². The van der Waals surface area contributed by atoms with E-state index in [1.54, 1.807) is 6.07 Å². The van der Waals surface area contributed by atoms with Gasteiger partial charge in [0.25, 0.3) is 0 Å². The summed E-state index contributed by atoms with van der Waals surface area (Å²) >= 11 is 0. The lowest BCUT2D eigenvalue weighted by molar-refractivity contribution is 0.00520. The number of ether oxygens (including phenoxy) is 1. The highest BCUT2D eigenvalue weighted by Gasteiger charge is 2.30. The van der Waals surface area contributed by atoms with Crippen LogP contribution >= 0.6 is 0 Å². The number of anilines is 1. The zero-order valence-electron chi connectivity index (χ0n) is 21.8. The summed E-state index contributed by atoms with van der Waals surface area (Å²) in [5, 5.41) is 16.1. The van der Waals surface area contributed by atoms with E-state index in [1.807, 2.05) is 30.3 Å². The number of hydrogen-bond acceptors (Lipinski definition) is 8. The number of phenols is 1. The molecule has 3 aromatic heterocycles. The van der Waals surface area contributed by atoms with Gasteiger partial charge in [0.15, 0.2) is 5.65 Å². The number of aromatic nitrogens is 6. The number of morpholine rings is 1. The largest absolute Gasteiger partial charge is 0.508 e. The molecule has 1 aliphatic carbocycles. The van der Waals surface area contributed by atoms with Crippen LogP contribution in [0.2, 0.25) is 0 Å². The maximum atomic E-state index is 10.2. The molecule has 1 saturated carbocycles. The van der Waals surface area contributed by atoms with Gasteiger partial charge in [-0.25, -0.2) is 19.6 Å². The summed E-state index contributed by atoms with van der Waals surface area (Å²) in [6.07, 6.45) is 6.43. The number of nitrogen functional groups attached to an aromatic ring is 1. The number of fused-ring (bicyclic) bond motifs is 2. The number of hydrogen-bond donors (Lipinski definition) is 3. The minimum Gasteiger partial charge on any atom is -0.508 e. The summed E-state index contributed by atoms with van der Waals surface area (Å²) in [4.78, 5) is 19.7. The van der Waals surface area contributed by atoms with Crippen LogP contribution in [-0.2, 0) is 11.2 Å². The van der Waals surface area contributed by atoms with Gasteiger partial charge in [-0.05, 0) is 43.9 Å². The molecule has 10 nitrogen and oxygen atoms in total. The van der Waals surface area contributed by atoms with Crippen molar-refractivity contribution >= 4 is 27.9 Å². The van der Waals surface area contributed by atoms with Crippen LogP contribution in [0.4, 0.5) is 5.82 Å². The molecule has 39 heavy (non-hydrogen) atoms. The molecule has 4 N–H and O–H groups in total. The molecule has 2 aliphatic rings. The Balaban J connectivity index is 1.19. The van der Waals surface area contributed by atoms with Gasteiger partial charge in [0.1, 0.15) is 29.4 Å². The second-order valence-corrected chi connectivity index (χ2v) is 10.6. The number of phenolic OH excluding ortho intramolecular Hbond substituents is 1. The minimum absolute atomic E-state index is 0.269. The van der Waals surface area contributed by atoms with E-state index in [9.17, 15) is 5.11 Å². The first kappa shape index (κ1) is 24.1. The van der Waals surface area contributed by atoms with E-state index in [0.717, 1.165) is 96.7 Å². The van der Waals surface area contributed by atoms with Crippen LogP contribution in [-0.4, -0.2) is 72.1 Å². The van der Waals surface area contributed by atoms with Crippen molar-refractivity contribution in [1.82, 2.24) is 34.6 Å². The number of benzene rings is 2. The normalized spacial score (nSPS) is 20.6. The van der Waals surface area contributed by atoms with Crippen molar-refractivity contribution in [2.75, 3.05) is 32.0 Å². The first-order valence-corrected chi connectivity index (χ1v) is 13.7. The van der Waals surface area contributed by atoms with Gasteiger partial charge in [-0.1, -0.05) is 24.3 Å². The number of aromatic amines is 1. The molecular weight excluding hydrogens is 492 g/mol. The summed E-state index contributed by atoms with van der Waals surface area (Å²) < 4.78 is 7.63. The van der Waals surface area contributed by atoms with Gasteiger partial charge in [0, 0.05) is 36.7 Å². The summed E-state index contributed by atoms with van der Waals surface area (Å²) in [6.45, 7) is 3.72. The van der Waals surface area contributed by atoms with Gasteiger partial charge in [0.2, 0.25) is 0 Å². The maximum Gasteiger partial charge on any atom is 0.164 e. The monoisotopic (exact) mass is 524 g/mol. The molecule has 0 unspecified atom stereocenters. The van der Waals surface area contributed by atoms with Crippen molar-refractivity contribution < 1.29 is 9.84 Å². The van der Waals surface area contributed by atoms with Crippen LogP contribution < -0.4 is 5.73 Å². The van der Waals surface area contributed by atoms with Gasteiger partial charge in [-0.15, -0.1) is 0 Å². The van der Waals surface area contributed by atoms with Crippen LogP contribution in [0.25, 0.3) is 33.3 Å². The Labute approximate surface area is 225 Å². The Bertz CT molecular complexity index is 1630. The first-order chi connectivity index (χ1) is 19.1. The van der Waals surface area contributed by atoms with E-state index >= 15 is 0 Å². The number of H-pyrrole nitrogens is 1. The average Bonchev–Trinajstić information content (AvgIpc) is 3.56. The molecule has 0 bridgehead atoms. The molecule has 2 aromatic carbocycles. The Morgan fingerprint density at radius 3 is 2.62 bits per heavy atom. The summed E-state index contributed by atoms with van der Waals surface area (Å²) in [7, 11) is 0. The second-order valence-electron chi connectivity index (χ2n) is 10.6. The molecular formula is C29H32N8O2. The van der Waals surface area contributed by atoms with Crippen molar-refractivity contribution in [3.8, 4) is 17.0 Å². The first-order valence-electron chi connectivity index (χ1n) is 13.7. The summed E-state index contributed by atoms with van der Waals surface area (Å²) in [5.41, 5.74) is 11.5. The summed E-state index contributed by atoms with van der Waals surface area (Å²) in [6, 6.07) is 14.3. The Kier molecular flexibility index (Phi) is 6.13. The number of para-hydroxylation sites is 1. The van der Waals surface area contributed by atoms with E-state index < -0.39 is 0 Å². The zero-order chi connectivity index (χ0) is 26.3. The van der Waals surface area contributed by atoms with Crippen LogP contribution in [0, 0.1) is 0 Å². The van der Waals surface area contributed by atoms with Crippen LogP contribution in [0.15, 0.2) is 48.8 Å². The average molecular weight is 525 g/mol. The molecule has 1 saturated heterocycles. The molecule has 0 amide bonds. The van der Waals surface area contributed by atoms with Crippen molar-refractivity contribution in [3.05, 3.63) is 60.2 Å². The van der Waals surface area contributed by atoms with Gasteiger partial charge < -0.3 is 20.6 Å². The molecule has 200 valence electrons. The number of nitrogens with zero attached hydrogens (tertiary/aromatic N) is 6. The SMILES string of the molecule is Nc1ncnc2c1c(-c1ccc3nc(Cc4ccccc4O)[nH]c3c1)nn2C1CCC(N2CCOCC2)CC1. The highest BCUT2D eigenvalue weighted by molar-refractivity contribution is 5.99. The third kappa shape index (κ3) is 4.49. The number of nitrogens with one attached hydrogen (secondary N) is 1. The molecule has 10 heteroatoms. The second kappa shape index (κ2) is 9.94. The molecule has 7 rings (SSSR count). The van der Waals surface area contributed by atoms with E-state index in [0.29, 0.717) is 18.3 Å². The lowest BCUT2D eigenvalue weighted by atomic mass is 9.90. The number of rotatable bonds is 5. The maximum absolute atomic E-state index is 10.2. The van der Waals surface area contributed by atoms with E-state index in [-0.39, 0.29) is 11.8 Å². The number of aromatic hydroxyl groups is 1. The molecule has 0 atom stereocenters. The Hall–Kier alpha value is -4.02. The van der Waals surface area contributed by atoms with Gasteiger partial charge in [-0.3, -0.25) is 4.90 Å². The predicted octanol–water partition coefficient (Wildman–Crippen LogP) is 4.06. The lowest BCUT2D eigenvalue weighted by Gasteiger charge is -2.38. The third-order valence-electron chi connectivity index (χ3n) is 8.25. The predicted molar refractivity (Wildman–Crippen MR) is 149 cm³/mol. The quantitative estimate of drug-likeness (QED) is 0.314. The third-order valence-corrected chi connectivity index (χ3v) is 8.25. The lowest BCUT2D eigenvalue weighted by Crippen LogP contribution is -2.45. The smallest absolute Gasteiger partial charge is 0.164 e. The van der Waals surface area contributed by atoms with Crippen LogP contribution in [0.1, 0.15) is 43.1 Å². The molecule has 1 aliphatic heterocycles. The fourth-order valence-electron chi connectivity index (χ4n) is 6.20. The Morgan fingerprint density at radius 2 is 1.79 bits per heavy atom. The molecule has 2 fully saturated rings. The Morgan fingerprint density at radius 1 is 1.00 bits per heavy atom. The number of imidazole rings is 1. The van der Waals surface area contributed by atoms with E-state index in [1.165, 1.54) is 6.33 Å². The van der Waals surface area contributed by atoms with Crippen LogP contribution in [0.5, 0.6) is 5.75 Å². The van der Waals surface area contributed by atoms with Crippen molar-refractivity contribution in [2.45, 2.75) is 44.2 Å². The van der Waals surface area contributed by atoms with Crippen LogP contribution in [0.3, 0.4) is 0 Å². The minimum atomic E-state index is 0.269. The molecule has 0 spiro atoms.